The normalized spacial score (nSPS) is 23.4. The van der Waals surface area contributed by atoms with E-state index in [1.165, 1.54) is 17.5 Å². The average Bonchev–Trinajstić information content (AvgIpc) is 3.04. The third-order valence-corrected chi connectivity index (χ3v) is 7.15. The molecular weight excluding hydrogens is 405 g/mol. The topological polar surface area (TPSA) is 35.6 Å². The van der Waals surface area contributed by atoms with Gasteiger partial charge in [-0.05, 0) is 67.5 Å². The number of amides is 1. The van der Waals surface area contributed by atoms with Crippen LogP contribution in [-0.4, -0.2) is 42.1 Å². The third-order valence-electron chi connectivity index (χ3n) is 6.92. The number of carbonyl (C=O) groups excluding carboxylic acids is 1. The average molecular weight is 432 g/mol. The molecule has 2 heterocycles. The third kappa shape index (κ3) is 3.63. The maximum Gasteiger partial charge on any atom is 0.247 e. The number of carbonyl (C=O) groups is 1. The molecule has 0 radical (unpaired) electrons. The molecule has 1 aliphatic carbocycles. The van der Waals surface area contributed by atoms with Crippen molar-refractivity contribution in [1.29, 1.82) is 0 Å². The fourth-order valence-electron chi connectivity index (χ4n) is 5.31. The van der Waals surface area contributed by atoms with Gasteiger partial charge < -0.3 is 10.2 Å². The van der Waals surface area contributed by atoms with Gasteiger partial charge in [-0.25, -0.2) is 0 Å². The summed E-state index contributed by atoms with van der Waals surface area (Å²) in [5.74, 6) is 0.194. The van der Waals surface area contributed by atoms with Gasteiger partial charge in [0.25, 0.3) is 0 Å². The standard InChI is InChI=1S/C23H26ClN3O.ClH/c24-19-8-6-18-15-21(9-7-17(18)14-19)26-12-10-23(11-13-26)22(28)25-16-27(23)20-4-2-1-3-5-20;/h1-6,8,14,21H,7,9-13,15-16H2,(H,25,28);1H. The summed E-state index contributed by atoms with van der Waals surface area (Å²) in [6.07, 6.45) is 5.14. The highest BCUT2D eigenvalue weighted by atomic mass is 35.5. The molecule has 2 saturated heterocycles. The summed E-state index contributed by atoms with van der Waals surface area (Å²) in [4.78, 5) is 17.7. The molecule has 1 unspecified atom stereocenters. The van der Waals surface area contributed by atoms with Crippen LogP contribution in [0.4, 0.5) is 5.69 Å². The van der Waals surface area contributed by atoms with E-state index in [4.69, 9.17) is 11.6 Å². The summed E-state index contributed by atoms with van der Waals surface area (Å²) in [5, 5.41) is 3.94. The molecule has 29 heavy (non-hydrogen) atoms. The van der Waals surface area contributed by atoms with Crippen LogP contribution in [0, 0.1) is 0 Å². The van der Waals surface area contributed by atoms with Gasteiger partial charge in [0.05, 0.1) is 6.67 Å². The molecule has 1 amide bonds. The van der Waals surface area contributed by atoms with Crippen LogP contribution < -0.4 is 10.2 Å². The summed E-state index contributed by atoms with van der Waals surface area (Å²) >= 11 is 6.16. The van der Waals surface area contributed by atoms with E-state index < -0.39 is 5.54 Å². The molecule has 5 rings (SSSR count). The van der Waals surface area contributed by atoms with Crippen molar-refractivity contribution < 1.29 is 4.79 Å². The molecular formula is C23H27Cl2N3O. The molecule has 2 aliphatic heterocycles. The summed E-state index contributed by atoms with van der Waals surface area (Å²) < 4.78 is 0. The lowest BCUT2D eigenvalue weighted by atomic mass is 9.82. The first-order valence-electron chi connectivity index (χ1n) is 10.3. The van der Waals surface area contributed by atoms with E-state index in [0.29, 0.717) is 12.7 Å². The van der Waals surface area contributed by atoms with Crippen LogP contribution in [0.2, 0.25) is 5.02 Å². The molecule has 0 aromatic heterocycles. The Hall–Kier alpha value is -1.75. The molecule has 154 valence electrons. The number of benzene rings is 2. The minimum absolute atomic E-state index is 0. The molecule has 1 spiro atoms. The monoisotopic (exact) mass is 431 g/mol. The second-order valence-electron chi connectivity index (χ2n) is 8.30. The van der Waals surface area contributed by atoms with Crippen molar-refractivity contribution in [1.82, 2.24) is 10.2 Å². The van der Waals surface area contributed by atoms with Crippen LogP contribution in [0.25, 0.3) is 0 Å². The molecule has 2 fully saturated rings. The lowest BCUT2D eigenvalue weighted by Gasteiger charge is -2.46. The number of nitrogens with zero attached hydrogens (tertiary/aromatic N) is 2. The number of likely N-dealkylation sites (tertiary alicyclic amines) is 1. The number of para-hydroxylation sites is 1. The van der Waals surface area contributed by atoms with E-state index in [2.05, 4.69) is 39.4 Å². The van der Waals surface area contributed by atoms with Gasteiger partial charge in [0.2, 0.25) is 5.91 Å². The molecule has 2 aromatic carbocycles. The highest BCUT2D eigenvalue weighted by molar-refractivity contribution is 6.30. The smallest absolute Gasteiger partial charge is 0.247 e. The molecule has 4 nitrogen and oxygen atoms in total. The van der Waals surface area contributed by atoms with Crippen molar-refractivity contribution in [3.05, 3.63) is 64.7 Å². The van der Waals surface area contributed by atoms with Gasteiger partial charge in [0, 0.05) is 29.8 Å². The summed E-state index contributed by atoms with van der Waals surface area (Å²) in [6.45, 7) is 2.56. The Morgan fingerprint density at radius 3 is 2.55 bits per heavy atom. The molecule has 1 N–H and O–H groups in total. The van der Waals surface area contributed by atoms with Gasteiger partial charge in [0.15, 0.2) is 0 Å². The van der Waals surface area contributed by atoms with E-state index in [0.717, 1.165) is 49.5 Å². The quantitative estimate of drug-likeness (QED) is 0.778. The van der Waals surface area contributed by atoms with Gasteiger partial charge in [-0.3, -0.25) is 9.69 Å². The summed E-state index contributed by atoms with van der Waals surface area (Å²) in [5.41, 5.74) is 3.59. The SMILES string of the molecule is Cl.O=C1NCN(c2ccccc2)C12CCN(C1CCc3cc(Cl)ccc3C1)CC2. The predicted octanol–water partition coefficient (Wildman–Crippen LogP) is 4.05. The second-order valence-corrected chi connectivity index (χ2v) is 8.74. The number of piperidine rings is 1. The fourth-order valence-corrected chi connectivity index (χ4v) is 5.50. The van der Waals surface area contributed by atoms with Gasteiger partial charge in [0.1, 0.15) is 5.54 Å². The lowest BCUT2D eigenvalue weighted by molar-refractivity contribution is -0.125. The van der Waals surface area contributed by atoms with Crippen molar-refractivity contribution >= 4 is 35.6 Å². The van der Waals surface area contributed by atoms with Gasteiger partial charge in [-0.1, -0.05) is 35.9 Å². The Morgan fingerprint density at radius 2 is 1.79 bits per heavy atom. The van der Waals surface area contributed by atoms with E-state index in [1.807, 2.05) is 24.3 Å². The first-order chi connectivity index (χ1) is 13.7. The summed E-state index contributed by atoms with van der Waals surface area (Å²) in [6, 6.07) is 17.2. The van der Waals surface area contributed by atoms with E-state index in [1.54, 1.807) is 0 Å². The Kier molecular flexibility index (Phi) is 5.78. The first kappa shape index (κ1) is 20.5. The zero-order valence-electron chi connectivity index (χ0n) is 16.4. The lowest BCUT2D eigenvalue weighted by Crippen LogP contribution is -2.58. The number of rotatable bonds is 2. The van der Waals surface area contributed by atoms with Gasteiger partial charge in [-0.15, -0.1) is 12.4 Å². The maximum absolute atomic E-state index is 12.8. The molecule has 3 aliphatic rings. The van der Waals surface area contributed by atoms with Crippen molar-refractivity contribution in [2.75, 3.05) is 24.7 Å². The molecule has 0 saturated carbocycles. The molecule has 6 heteroatoms. The van der Waals surface area contributed by atoms with E-state index in [-0.39, 0.29) is 18.3 Å². The van der Waals surface area contributed by atoms with E-state index >= 15 is 0 Å². The number of fused-ring (bicyclic) bond motifs is 1. The molecule has 1 atom stereocenters. The molecule has 2 aromatic rings. The predicted molar refractivity (Wildman–Crippen MR) is 120 cm³/mol. The van der Waals surface area contributed by atoms with Crippen molar-refractivity contribution in [2.24, 2.45) is 0 Å². The molecule has 0 bridgehead atoms. The van der Waals surface area contributed by atoms with Crippen LogP contribution in [0.3, 0.4) is 0 Å². The van der Waals surface area contributed by atoms with Crippen LogP contribution in [0.5, 0.6) is 0 Å². The maximum atomic E-state index is 12.8. The van der Waals surface area contributed by atoms with Crippen LogP contribution >= 0.6 is 24.0 Å². The van der Waals surface area contributed by atoms with Crippen LogP contribution in [0.15, 0.2) is 48.5 Å². The Labute approximate surface area is 183 Å². The van der Waals surface area contributed by atoms with Crippen molar-refractivity contribution in [3.63, 3.8) is 0 Å². The van der Waals surface area contributed by atoms with Crippen molar-refractivity contribution in [3.8, 4) is 0 Å². The van der Waals surface area contributed by atoms with Gasteiger partial charge >= 0.3 is 0 Å². The van der Waals surface area contributed by atoms with Crippen LogP contribution in [0.1, 0.15) is 30.4 Å². The summed E-state index contributed by atoms with van der Waals surface area (Å²) in [7, 11) is 0. The minimum Gasteiger partial charge on any atom is -0.339 e. The van der Waals surface area contributed by atoms with Crippen LogP contribution in [-0.2, 0) is 17.6 Å². The van der Waals surface area contributed by atoms with E-state index in [9.17, 15) is 4.79 Å². The van der Waals surface area contributed by atoms with Gasteiger partial charge in [-0.2, -0.15) is 0 Å². The number of nitrogens with one attached hydrogen (secondary N) is 1. The number of anilines is 1. The zero-order chi connectivity index (χ0) is 19.1. The largest absolute Gasteiger partial charge is 0.339 e. The zero-order valence-corrected chi connectivity index (χ0v) is 18.0. The number of hydrogen-bond acceptors (Lipinski definition) is 3. The minimum atomic E-state index is -0.391. The Bertz CT molecular complexity index is 881. The number of hydrogen-bond donors (Lipinski definition) is 1. The Morgan fingerprint density at radius 1 is 1.03 bits per heavy atom. The Balaban J connectivity index is 0.00000205. The van der Waals surface area contributed by atoms with Crippen molar-refractivity contribution in [2.45, 2.75) is 43.7 Å². The second kappa shape index (κ2) is 8.17. The number of halogens is 2. The fraction of sp³-hybridized carbons (Fsp3) is 0.435. The first-order valence-corrected chi connectivity index (χ1v) is 10.7. The highest BCUT2D eigenvalue weighted by Gasteiger charge is 2.50. The highest BCUT2D eigenvalue weighted by Crippen LogP contribution is 2.38. The number of aryl methyl sites for hydroxylation is 1.